The van der Waals surface area contributed by atoms with Crippen molar-refractivity contribution in [3.05, 3.63) is 46.4 Å². The first-order valence-corrected chi connectivity index (χ1v) is 8.92. The van der Waals surface area contributed by atoms with Crippen LogP contribution in [-0.2, 0) is 11.2 Å². The number of aromatic nitrogens is 1. The van der Waals surface area contributed by atoms with Crippen molar-refractivity contribution < 1.29 is 14.3 Å². The zero-order valence-electron chi connectivity index (χ0n) is 13.6. The van der Waals surface area contributed by atoms with Gasteiger partial charge in [0.2, 0.25) is 5.91 Å². The van der Waals surface area contributed by atoms with E-state index in [2.05, 4.69) is 4.98 Å². The van der Waals surface area contributed by atoms with Gasteiger partial charge in [-0.25, -0.2) is 0 Å². The van der Waals surface area contributed by atoms with Crippen LogP contribution < -0.4 is 4.74 Å². The molecule has 3 rings (SSSR count). The molecule has 24 heavy (non-hydrogen) atoms. The number of pyridine rings is 1. The van der Waals surface area contributed by atoms with Crippen molar-refractivity contribution in [3.63, 3.8) is 0 Å². The van der Waals surface area contributed by atoms with Gasteiger partial charge in [-0.2, -0.15) is 0 Å². The quantitative estimate of drug-likeness (QED) is 0.783. The lowest BCUT2D eigenvalue weighted by Crippen LogP contribution is -2.42. The van der Waals surface area contributed by atoms with E-state index >= 15 is 0 Å². The minimum atomic E-state index is 0.0489. The lowest BCUT2D eigenvalue weighted by atomic mass is 10.1. The Kier molecular flexibility index (Phi) is 5.25. The second-order valence-electron chi connectivity index (χ2n) is 5.93. The summed E-state index contributed by atoms with van der Waals surface area (Å²) in [5.41, 5.74) is 0.922. The van der Waals surface area contributed by atoms with Gasteiger partial charge in [0.25, 0.3) is 0 Å². The van der Waals surface area contributed by atoms with E-state index in [0.717, 1.165) is 24.2 Å². The molecule has 0 bridgehead atoms. The minimum absolute atomic E-state index is 0.0489. The molecular formula is C18H20N2O3S. The Morgan fingerprint density at radius 2 is 2.00 bits per heavy atom. The van der Waals surface area contributed by atoms with Crippen LogP contribution in [0, 0.1) is 0 Å². The van der Waals surface area contributed by atoms with Crippen molar-refractivity contribution in [2.75, 3.05) is 13.1 Å². The summed E-state index contributed by atoms with van der Waals surface area (Å²) in [5.74, 6) is 0.989. The maximum Gasteiger partial charge on any atom is 0.227 e. The summed E-state index contributed by atoms with van der Waals surface area (Å²) in [6.45, 7) is 2.96. The fourth-order valence-corrected chi connectivity index (χ4v) is 3.59. The van der Waals surface area contributed by atoms with Crippen LogP contribution >= 0.6 is 11.3 Å². The maximum atomic E-state index is 12.4. The molecule has 1 amide bonds. The van der Waals surface area contributed by atoms with Gasteiger partial charge in [-0.3, -0.25) is 14.6 Å². The summed E-state index contributed by atoms with van der Waals surface area (Å²) in [6.07, 6.45) is 5.59. The number of thiophene rings is 1. The summed E-state index contributed by atoms with van der Waals surface area (Å²) in [6, 6.07) is 5.52. The SMILES string of the molecule is CC(=O)c1cc(CC(=O)N2CCC(Oc3ccncc3)CC2)cs1. The average Bonchev–Trinajstić information content (AvgIpc) is 3.05. The molecule has 6 heteroatoms. The largest absolute Gasteiger partial charge is 0.490 e. The number of ether oxygens (including phenoxy) is 1. The molecule has 126 valence electrons. The monoisotopic (exact) mass is 344 g/mol. The second-order valence-corrected chi connectivity index (χ2v) is 6.84. The van der Waals surface area contributed by atoms with Gasteiger partial charge in [0.15, 0.2) is 5.78 Å². The van der Waals surface area contributed by atoms with E-state index in [-0.39, 0.29) is 17.8 Å². The molecule has 2 aromatic rings. The highest BCUT2D eigenvalue weighted by Crippen LogP contribution is 2.20. The van der Waals surface area contributed by atoms with E-state index in [1.807, 2.05) is 28.5 Å². The first-order chi connectivity index (χ1) is 11.6. The predicted molar refractivity (Wildman–Crippen MR) is 92.5 cm³/mol. The molecule has 1 aliphatic rings. The van der Waals surface area contributed by atoms with Gasteiger partial charge in [0, 0.05) is 38.3 Å². The van der Waals surface area contributed by atoms with Crippen LogP contribution in [0.15, 0.2) is 36.0 Å². The highest BCUT2D eigenvalue weighted by molar-refractivity contribution is 7.12. The molecule has 5 nitrogen and oxygen atoms in total. The van der Waals surface area contributed by atoms with Gasteiger partial charge in [0.05, 0.1) is 11.3 Å². The number of ketones is 1. The van der Waals surface area contributed by atoms with E-state index in [1.54, 1.807) is 19.3 Å². The molecule has 0 radical (unpaired) electrons. The summed E-state index contributed by atoms with van der Waals surface area (Å²) >= 11 is 1.40. The van der Waals surface area contributed by atoms with Crippen LogP contribution in [0.3, 0.4) is 0 Å². The van der Waals surface area contributed by atoms with Crippen LogP contribution in [-0.4, -0.2) is 40.8 Å². The van der Waals surface area contributed by atoms with Crippen LogP contribution in [0.25, 0.3) is 0 Å². The Labute approximate surface area is 145 Å². The third-order valence-corrected chi connectivity index (χ3v) is 5.18. The van der Waals surface area contributed by atoms with Crippen molar-refractivity contribution in [1.82, 2.24) is 9.88 Å². The maximum absolute atomic E-state index is 12.4. The lowest BCUT2D eigenvalue weighted by molar-refractivity contribution is -0.132. The number of rotatable bonds is 5. The average molecular weight is 344 g/mol. The second kappa shape index (κ2) is 7.57. The van der Waals surface area contributed by atoms with Crippen LogP contribution in [0.5, 0.6) is 5.75 Å². The smallest absolute Gasteiger partial charge is 0.227 e. The molecule has 1 saturated heterocycles. The number of carbonyl (C=O) groups excluding carboxylic acids is 2. The van der Waals surface area contributed by atoms with Gasteiger partial charge in [0.1, 0.15) is 11.9 Å². The Balaban J connectivity index is 1.48. The Morgan fingerprint density at radius 1 is 1.29 bits per heavy atom. The van der Waals surface area contributed by atoms with E-state index in [4.69, 9.17) is 4.74 Å². The molecule has 0 atom stereocenters. The fourth-order valence-electron chi connectivity index (χ4n) is 2.77. The Morgan fingerprint density at radius 3 is 2.62 bits per heavy atom. The molecule has 3 heterocycles. The molecule has 0 aromatic carbocycles. The molecule has 0 saturated carbocycles. The van der Waals surface area contributed by atoms with Crippen molar-refractivity contribution >= 4 is 23.0 Å². The number of piperidine rings is 1. The minimum Gasteiger partial charge on any atom is -0.490 e. The molecule has 0 N–H and O–H groups in total. The Bertz CT molecular complexity index is 706. The van der Waals surface area contributed by atoms with Crippen LogP contribution in [0.2, 0.25) is 0 Å². The number of hydrogen-bond acceptors (Lipinski definition) is 5. The van der Waals surface area contributed by atoms with Gasteiger partial charge in [-0.15, -0.1) is 11.3 Å². The van der Waals surface area contributed by atoms with E-state index in [1.165, 1.54) is 11.3 Å². The zero-order valence-corrected chi connectivity index (χ0v) is 14.4. The molecule has 0 unspecified atom stereocenters. The van der Waals surface area contributed by atoms with E-state index < -0.39 is 0 Å². The molecular weight excluding hydrogens is 324 g/mol. The fraction of sp³-hybridized carbons (Fsp3) is 0.389. The highest BCUT2D eigenvalue weighted by atomic mass is 32.1. The number of carbonyl (C=O) groups is 2. The molecule has 2 aromatic heterocycles. The van der Waals surface area contributed by atoms with Crippen molar-refractivity contribution in [1.29, 1.82) is 0 Å². The first-order valence-electron chi connectivity index (χ1n) is 8.04. The molecule has 0 spiro atoms. The third kappa shape index (κ3) is 4.20. The highest BCUT2D eigenvalue weighted by Gasteiger charge is 2.24. The Hall–Kier alpha value is -2.21. The van der Waals surface area contributed by atoms with Crippen LogP contribution in [0.1, 0.15) is 35.0 Å². The van der Waals surface area contributed by atoms with Gasteiger partial charge < -0.3 is 9.64 Å². The standard InChI is InChI=1S/C18H20N2O3S/c1-13(21)17-10-14(12-24-17)11-18(22)20-8-4-16(5-9-20)23-15-2-6-19-7-3-15/h2-3,6-7,10,12,16H,4-5,8-9,11H2,1H3. The topological polar surface area (TPSA) is 59.5 Å². The van der Waals surface area contributed by atoms with E-state index in [0.29, 0.717) is 24.4 Å². The summed E-state index contributed by atoms with van der Waals surface area (Å²) in [4.78, 5) is 30.3. The zero-order chi connectivity index (χ0) is 16.9. The molecule has 1 aliphatic heterocycles. The normalized spacial score (nSPS) is 15.3. The third-order valence-electron chi connectivity index (χ3n) is 4.10. The molecule has 0 aliphatic carbocycles. The van der Waals surface area contributed by atoms with E-state index in [9.17, 15) is 9.59 Å². The summed E-state index contributed by atoms with van der Waals surface area (Å²) < 4.78 is 5.92. The number of nitrogens with zero attached hydrogens (tertiary/aromatic N) is 2. The van der Waals surface area contributed by atoms with Crippen molar-refractivity contribution in [2.45, 2.75) is 32.3 Å². The summed E-state index contributed by atoms with van der Waals surface area (Å²) in [5, 5.41) is 1.90. The first kappa shape index (κ1) is 16.6. The number of amides is 1. The predicted octanol–water partition coefficient (Wildman–Crippen LogP) is 2.96. The van der Waals surface area contributed by atoms with Crippen LogP contribution in [0.4, 0.5) is 0 Å². The lowest BCUT2D eigenvalue weighted by Gasteiger charge is -2.32. The van der Waals surface area contributed by atoms with Crippen molar-refractivity contribution in [3.8, 4) is 5.75 Å². The van der Waals surface area contributed by atoms with Crippen molar-refractivity contribution in [2.24, 2.45) is 0 Å². The molecule has 1 fully saturated rings. The van der Waals surface area contributed by atoms with Gasteiger partial charge in [-0.1, -0.05) is 0 Å². The number of hydrogen-bond donors (Lipinski definition) is 0. The number of Topliss-reactive ketones (excluding diaryl/α,β-unsaturated/α-hetero) is 1. The summed E-state index contributed by atoms with van der Waals surface area (Å²) in [7, 11) is 0. The van der Waals surface area contributed by atoms with Gasteiger partial charge in [-0.05, 0) is 36.1 Å². The van der Waals surface area contributed by atoms with Gasteiger partial charge >= 0.3 is 0 Å². The number of likely N-dealkylation sites (tertiary alicyclic amines) is 1.